The molecular formula is C25H35N3O5. The van der Waals surface area contributed by atoms with Crippen molar-refractivity contribution in [3.8, 4) is 5.75 Å². The molecule has 1 aromatic heterocycles. The molecule has 8 heteroatoms. The molecule has 1 aromatic carbocycles. The summed E-state index contributed by atoms with van der Waals surface area (Å²) in [5, 5.41) is 2.61. The van der Waals surface area contributed by atoms with Crippen LogP contribution in [0.4, 0.5) is 4.79 Å². The van der Waals surface area contributed by atoms with E-state index in [9.17, 15) is 14.4 Å². The summed E-state index contributed by atoms with van der Waals surface area (Å²) >= 11 is 0. The summed E-state index contributed by atoms with van der Waals surface area (Å²) in [4.78, 5) is 39.1. The van der Waals surface area contributed by atoms with Crippen molar-refractivity contribution in [2.75, 3.05) is 13.7 Å². The lowest BCUT2D eigenvalue weighted by Crippen LogP contribution is -2.40. The van der Waals surface area contributed by atoms with Gasteiger partial charge in [0.25, 0.3) is 0 Å². The van der Waals surface area contributed by atoms with Crippen LogP contribution in [0.2, 0.25) is 0 Å². The summed E-state index contributed by atoms with van der Waals surface area (Å²) in [6.45, 7) is 11.9. The first-order valence-corrected chi connectivity index (χ1v) is 11.6. The Morgan fingerprint density at radius 1 is 1.24 bits per heavy atom. The predicted octanol–water partition coefficient (Wildman–Crippen LogP) is 4.42. The molecule has 3 rings (SSSR count). The molecule has 0 aliphatic heterocycles. The molecule has 1 heterocycles. The van der Waals surface area contributed by atoms with Gasteiger partial charge < -0.3 is 14.8 Å². The van der Waals surface area contributed by atoms with Crippen LogP contribution in [0.15, 0.2) is 35.3 Å². The topological polar surface area (TPSA) is 91.6 Å². The molecule has 1 aliphatic rings. The van der Waals surface area contributed by atoms with Gasteiger partial charge in [0, 0.05) is 25.1 Å². The largest absolute Gasteiger partial charge is 0.497 e. The maximum atomic E-state index is 13.8. The van der Waals surface area contributed by atoms with E-state index in [1.807, 2.05) is 0 Å². The number of imidazole rings is 1. The smallest absolute Gasteiger partial charge is 0.412 e. The van der Waals surface area contributed by atoms with Gasteiger partial charge in [0.2, 0.25) is 5.91 Å². The Labute approximate surface area is 194 Å². The maximum Gasteiger partial charge on any atom is 0.412 e. The second-order valence-corrected chi connectivity index (χ2v) is 9.41. The molecular weight excluding hydrogens is 422 g/mol. The van der Waals surface area contributed by atoms with E-state index in [1.54, 1.807) is 32.2 Å². The number of benzene rings is 1. The van der Waals surface area contributed by atoms with Crippen molar-refractivity contribution < 1.29 is 19.1 Å². The average molecular weight is 458 g/mol. The highest BCUT2D eigenvalue weighted by atomic mass is 16.6. The number of alkyl carbamates (subject to hydrolysis) is 1. The molecule has 0 radical (unpaired) electrons. The van der Waals surface area contributed by atoms with E-state index in [1.165, 1.54) is 9.13 Å². The SMILES string of the molecule is C=C(C)OC(=O)NCCn1c(=O)n(C(=O)[C@@H]2C[C@H](C)CC[C@H]2C(C)C)c2ccc(OC)cc21. The Morgan fingerprint density at radius 3 is 2.61 bits per heavy atom. The number of methoxy groups -OCH3 is 1. The van der Waals surface area contributed by atoms with E-state index < -0.39 is 11.8 Å². The van der Waals surface area contributed by atoms with Gasteiger partial charge in [-0.1, -0.05) is 33.8 Å². The number of nitrogens with one attached hydrogen (secondary N) is 1. The Kier molecular flexibility index (Phi) is 7.66. The third-order valence-electron chi connectivity index (χ3n) is 6.57. The molecule has 1 amide bonds. The van der Waals surface area contributed by atoms with Gasteiger partial charge >= 0.3 is 11.8 Å². The molecule has 3 atom stereocenters. The summed E-state index contributed by atoms with van der Waals surface area (Å²) in [6, 6.07) is 5.25. The summed E-state index contributed by atoms with van der Waals surface area (Å²) in [5.41, 5.74) is 0.739. The van der Waals surface area contributed by atoms with E-state index in [0.29, 0.717) is 28.6 Å². The lowest BCUT2D eigenvalue weighted by Gasteiger charge is -2.36. The van der Waals surface area contributed by atoms with Crippen LogP contribution < -0.4 is 15.7 Å². The van der Waals surface area contributed by atoms with E-state index in [4.69, 9.17) is 9.47 Å². The predicted molar refractivity (Wildman–Crippen MR) is 128 cm³/mol. The number of hydrogen-bond donors (Lipinski definition) is 1. The minimum Gasteiger partial charge on any atom is -0.497 e. The normalized spacial score (nSPS) is 20.6. The molecule has 1 N–H and O–H groups in total. The summed E-state index contributed by atoms with van der Waals surface area (Å²) in [6.07, 6.45) is 2.24. The fraction of sp³-hybridized carbons (Fsp3) is 0.560. The number of fused-ring (bicyclic) bond motifs is 1. The van der Waals surface area contributed by atoms with E-state index in [-0.39, 0.29) is 36.6 Å². The second-order valence-electron chi connectivity index (χ2n) is 9.41. The Hall–Kier alpha value is -3.03. The average Bonchev–Trinajstić information content (AvgIpc) is 3.03. The fourth-order valence-electron chi connectivity index (χ4n) is 4.91. The molecule has 8 nitrogen and oxygen atoms in total. The van der Waals surface area contributed by atoms with E-state index in [2.05, 4.69) is 32.7 Å². The first kappa shape index (κ1) is 24.6. The number of nitrogens with zero attached hydrogens (tertiary/aromatic N) is 2. The summed E-state index contributed by atoms with van der Waals surface area (Å²) < 4.78 is 13.1. The van der Waals surface area contributed by atoms with Crippen molar-refractivity contribution in [1.29, 1.82) is 0 Å². The molecule has 1 saturated carbocycles. The zero-order chi connectivity index (χ0) is 24.3. The van der Waals surface area contributed by atoms with Crippen LogP contribution in [0.1, 0.15) is 51.8 Å². The Bertz CT molecular complexity index is 1100. The van der Waals surface area contributed by atoms with Crippen LogP contribution in [0.25, 0.3) is 11.0 Å². The Balaban J connectivity index is 1.99. The van der Waals surface area contributed by atoms with Gasteiger partial charge in [-0.05, 0) is 49.7 Å². The van der Waals surface area contributed by atoms with Gasteiger partial charge in [0.05, 0.1) is 23.9 Å². The second kappa shape index (κ2) is 10.3. The molecule has 0 bridgehead atoms. The molecule has 0 saturated heterocycles. The first-order chi connectivity index (χ1) is 15.6. The molecule has 0 spiro atoms. The standard InChI is InChI=1S/C25H35N3O5/c1-15(2)19-9-7-17(5)13-20(19)23(29)28-21-10-8-18(32-6)14-22(21)27(25(28)31)12-11-26-24(30)33-16(3)4/h8,10,14-15,17,19-20H,3,7,9,11-13H2,1-2,4-6H3,(H,26,30)/t17-,19+,20-/m1/s1. The number of allylic oxidation sites excluding steroid dienone is 1. The molecule has 33 heavy (non-hydrogen) atoms. The number of ether oxygens (including phenoxy) is 2. The van der Waals surface area contributed by atoms with Crippen molar-refractivity contribution in [3.05, 3.63) is 41.0 Å². The zero-order valence-corrected chi connectivity index (χ0v) is 20.2. The third kappa shape index (κ3) is 5.31. The zero-order valence-electron chi connectivity index (χ0n) is 20.2. The van der Waals surface area contributed by atoms with Crippen LogP contribution in [0.5, 0.6) is 5.75 Å². The van der Waals surface area contributed by atoms with Crippen LogP contribution in [0, 0.1) is 23.7 Å². The van der Waals surface area contributed by atoms with Gasteiger partial charge in [-0.25, -0.2) is 14.2 Å². The van der Waals surface area contributed by atoms with Crippen molar-refractivity contribution >= 4 is 23.0 Å². The third-order valence-corrected chi connectivity index (χ3v) is 6.57. The van der Waals surface area contributed by atoms with Crippen molar-refractivity contribution in [1.82, 2.24) is 14.5 Å². The van der Waals surface area contributed by atoms with Crippen LogP contribution in [0.3, 0.4) is 0 Å². The summed E-state index contributed by atoms with van der Waals surface area (Å²) in [5.74, 6) is 1.57. The fourth-order valence-corrected chi connectivity index (χ4v) is 4.91. The van der Waals surface area contributed by atoms with E-state index >= 15 is 0 Å². The van der Waals surface area contributed by atoms with Crippen molar-refractivity contribution in [2.45, 2.75) is 53.5 Å². The molecule has 1 fully saturated rings. The minimum absolute atomic E-state index is 0.145. The highest BCUT2D eigenvalue weighted by molar-refractivity contribution is 5.92. The van der Waals surface area contributed by atoms with Gasteiger partial charge in [-0.3, -0.25) is 9.36 Å². The number of carbonyl (C=O) groups excluding carboxylic acids is 2. The highest BCUT2D eigenvalue weighted by Gasteiger charge is 2.37. The first-order valence-electron chi connectivity index (χ1n) is 11.6. The molecule has 180 valence electrons. The summed E-state index contributed by atoms with van der Waals surface area (Å²) in [7, 11) is 1.55. The van der Waals surface area contributed by atoms with Crippen molar-refractivity contribution in [3.63, 3.8) is 0 Å². The van der Waals surface area contributed by atoms with Gasteiger partial charge in [0.1, 0.15) is 5.75 Å². The monoisotopic (exact) mass is 457 g/mol. The number of amides is 1. The molecule has 1 aliphatic carbocycles. The lowest BCUT2D eigenvalue weighted by atomic mass is 9.69. The van der Waals surface area contributed by atoms with Gasteiger partial charge in [0.15, 0.2) is 0 Å². The lowest BCUT2D eigenvalue weighted by molar-refractivity contribution is 0.0633. The number of hydrogen-bond acceptors (Lipinski definition) is 5. The number of aromatic nitrogens is 2. The van der Waals surface area contributed by atoms with Crippen LogP contribution in [-0.2, 0) is 11.3 Å². The highest BCUT2D eigenvalue weighted by Crippen LogP contribution is 2.39. The quantitative estimate of drug-likeness (QED) is 0.622. The van der Waals surface area contributed by atoms with Crippen LogP contribution >= 0.6 is 0 Å². The van der Waals surface area contributed by atoms with Crippen LogP contribution in [-0.4, -0.2) is 34.8 Å². The minimum atomic E-state index is -0.635. The molecule has 0 unspecified atom stereocenters. The number of rotatable bonds is 7. The maximum absolute atomic E-state index is 13.8. The van der Waals surface area contributed by atoms with Crippen molar-refractivity contribution in [2.24, 2.45) is 23.7 Å². The molecule has 2 aromatic rings. The van der Waals surface area contributed by atoms with Gasteiger partial charge in [-0.15, -0.1) is 0 Å². The van der Waals surface area contributed by atoms with E-state index in [0.717, 1.165) is 19.3 Å². The number of carbonyl (C=O) groups is 2. The van der Waals surface area contributed by atoms with Gasteiger partial charge in [-0.2, -0.15) is 0 Å². The Morgan fingerprint density at radius 2 is 1.97 bits per heavy atom.